The number of rotatable bonds is 12. The van der Waals surface area contributed by atoms with Gasteiger partial charge < -0.3 is 10.5 Å². The molecule has 5 nitrogen and oxygen atoms in total. The third-order valence-electron chi connectivity index (χ3n) is 5.00. The Morgan fingerprint density at radius 2 is 1.96 bits per heavy atom. The summed E-state index contributed by atoms with van der Waals surface area (Å²) in [5.74, 6) is 0.735. The van der Waals surface area contributed by atoms with Gasteiger partial charge in [0.2, 0.25) is 10.0 Å². The van der Waals surface area contributed by atoms with Crippen molar-refractivity contribution in [3.63, 3.8) is 0 Å². The van der Waals surface area contributed by atoms with Crippen molar-refractivity contribution in [2.24, 2.45) is 17.6 Å². The number of hydrogen-bond donors (Lipinski definition) is 2. The van der Waals surface area contributed by atoms with Crippen molar-refractivity contribution >= 4 is 10.0 Å². The minimum Gasteiger partial charge on any atom is -0.490 e. The van der Waals surface area contributed by atoms with E-state index in [4.69, 9.17) is 10.5 Å². The molecule has 1 aromatic rings. The first-order valence-electron chi connectivity index (χ1n) is 9.61. The summed E-state index contributed by atoms with van der Waals surface area (Å²) >= 11 is 0. The van der Waals surface area contributed by atoms with Gasteiger partial charge in [0.25, 0.3) is 0 Å². The van der Waals surface area contributed by atoms with Gasteiger partial charge in [0, 0.05) is 6.04 Å². The molecule has 1 atom stereocenters. The fourth-order valence-corrected chi connectivity index (χ4v) is 4.47. The lowest BCUT2D eigenvalue weighted by atomic mass is 10.0. The zero-order chi connectivity index (χ0) is 18.6. The second-order valence-electron chi connectivity index (χ2n) is 7.55. The van der Waals surface area contributed by atoms with E-state index in [0.29, 0.717) is 25.5 Å². The summed E-state index contributed by atoms with van der Waals surface area (Å²) in [6, 6.07) is 4.40. The summed E-state index contributed by atoms with van der Waals surface area (Å²) in [5.41, 5.74) is 6.23. The van der Waals surface area contributed by atoms with Crippen LogP contribution >= 0.6 is 0 Å². The molecule has 2 aliphatic rings. The molecule has 146 valence electrons. The van der Waals surface area contributed by atoms with Gasteiger partial charge in [0.05, 0.1) is 12.4 Å². The first-order chi connectivity index (χ1) is 12.5. The summed E-state index contributed by atoms with van der Waals surface area (Å²) in [4.78, 5) is 0. The molecule has 0 saturated heterocycles. The molecule has 2 aliphatic carbocycles. The Labute approximate surface area is 155 Å². The topological polar surface area (TPSA) is 81.4 Å². The summed E-state index contributed by atoms with van der Waals surface area (Å²) in [7, 11) is -3.38. The van der Waals surface area contributed by atoms with Gasteiger partial charge in [-0.3, -0.25) is 0 Å². The van der Waals surface area contributed by atoms with Gasteiger partial charge >= 0.3 is 0 Å². The SMILES string of the molecule is NCCCCCS(=O)(=O)NC(c1ccc(F)c(OCC2CC2)c1)C1CC1. The van der Waals surface area contributed by atoms with E-state index in [2.05, 4.69) is 4.72 Å². The average molecular weight is 385 g/mol. The number of hydrogen-bond acceptors (Lipinski definition) is 4. The van der Waals surface area contributed by atoms with E-state index in [1.54, 1.807) is 12.1 Å². The van der Waals surface area contributed by atoms with Crippen LogP contribution in [0.2, 0.25) is 0 Å². The highest BCUT2D eigenvalue weighted by molar-refractivity contribution is 7.89. The predicted octanol–water partition coefficient (Wildman–Crippen LogP) is 3.11. The highest BCUT2D eigenvalue weighted by atomic mass is 32.2. The maximum atomic E-state index is 14.0. The first kappa shape index (κ1) is 19.6. The number of ether oxygens (including phenoxy) is 1. The predicted molar refractivity (Wildman–Crippen MR) is 99.9 cm³/mol. The standard InChI is InChI=1S/C19H29FN2O3S/c20-17-9-8-16(12-18(17)25-13-14-4-5-14)19(15-6-7-15)22-26(23,24)11-3-1-2-10-21/h8-9,12,14-15,19,22H,1-7,10-11,13,21H2. The molecule has 0 heterocycles. The number of halogens is 1. The van der Waals surface area contributed by atoms with Crippen LogP contribution in [0.3, 0.4) is 0 Å². The number of nitrogens with two attached hydrogens (primary N) is 1. The van der Waals surface area contributed by atoms with Crippen LogP contribution in [0.1, 0.15) is 56.6 Å². The van der Waals surface area contributed by atoms with Crippen LogP contribution in [-0.4, -0.2) is 27.3 Å². The zero-order valence-corrected chi connectivity index (χ0v) is 15.9. The normalized spacial score (nSPS) is 18.7. The lowest BCUT2D eigenvalue weighted by Gasteiger charge is -2.20. The van der Waals surface area contributed by atoms with Crippen molar-refractivity contribution < 1.29 is 17.5 Å². The molecule has 2 saturated carbocycles. The van der Waals surface area contributed by atoms with E-state index in [1.165, 1.54) is 6.07 Å². The van der Waals surface area contributed by atoms with Crippen molar-refractivity contribution in [1.29, 1.82) is 0 Å². The lowest BCUT2D eigenvalue weighted by Crippen LogP contribution is -2.32. The number of unbranched alkanes of at least 4 members (excludes halogenated alkanes) is 2. The Morgan fingerprint density at radius 3 is 2.62 bits per heavy atom. The van der Waals surface area contributed by atoms with Crippen LogP contribution in [-0.2, 0) is 10.0 Å². The first-order valence-corrected chi connectivity index (χ1v) is 11.3. The summed E-state index contributed by atoms with van der Waals surface area (Å²) in [6.07, 6.45) is 6.48. The van der Waals surface area contributed by atoms with Gasteiger partial charge in [-0.15, -0.1) is 0 Å². The van der Waals surface area contributed by atoms with Gasteiger partial charge in [0.1, 0.15) is 0 Å². The second kappa shape index (κ2) is 8.67. The number of sulfonamides is 1. The van der Waals surface area contributed by atoms with Crippen molar-refractivity contribution in [1.82, 2.24) is 4.72 Å². The number of nitrogens with one attached hydrogen (secondary N) is 1. The highest BCUT2D eigenvalue weighted by Crippen LogP contribution is 2.42. The van der Waals surface area contributed by atoms with E-state index in [1.807, 2.05) is 0 Å². The zero-order valence-electron chi connectivity index (χ0n) is 15.1. The molecule has 3 rings (SSSR count). The fourth-order valence-electron chi connectivity index (χ4n) is 3.05. The average Bonchev–Trinajstić information content (AvgIpc) is 3.49. The third kappa shape index (κ3) is 5.93. The molecule has 7 heteroatoms. The van der Waals surface area contributed by atoms with Gasteiger partial charge in [-0.1, -0.05) is 12.5 Å². The maximum absolute atomic E-state index is 14.0. The van der Waals surface area contributed by atoms with Gasteiger partial charge in [0.15, 0.2) is 11.6 Å². The van der Waals surface area contributed by atoms with Crippen LogP contribution in [0.5, 0.6) is 5.75 Å². The van der Waals surface area contributed by atoms with Crippen molar-refractivity contribution in [2.45, 2.75) is 51.0 Å². The van der Waals surface area contributed by atoms with E-state index in [9.17, 15) is 12.8 Å². The fraction of sp³-hybridized carbons (Fsp3) is 0.684. The Bertz CT molecular complexity index is 703. The van der Waals surface area contributed by atoms with Gasteiger partial charge in [-0.05, 0) is 74.6 Å². The summed E-state index contributed by atoms with van der Waals surface area (Å²) < 4.78 is 47.3. The molecular formula is C19H29FN2O3S. The van der Waals surface area contributed by atoms with Crippen molar-refractivity contribution in [2.75, 3.05) is 18.9 Å². The molecule has 26 heavy (non-hydrogen) atoms. The highest BCUT2D eigenvalue weighted by Gasteiger charge is 2.35. The van der Waals surface area contributed by atoms with Crippen LogP contribution in [0, 0.1) is 17.7 Å². The smallest absolute Gasteiger partial charge is 0.212 e. The van der Waals surface area contributed by atoms with E-state index in [-0.39, 0.29) is 23.5 Å². The maximum Gasteiger partial charge on any atom is 0.212 e. The molecule has 0 aliphatic heterocycles. The molecule has 1 aromatic carbocycles. The Morgan fingerprint density at radius 1 is 1.19 bits per heavy atom. The monoisotopic (exact) mass is 384 g/mol. The van der Waals surface area contributed by atoms with Crippen LogP contribution in [0.4, 0.5) is 4.39 Å². The summed E-state index contributed by atoms with van der Waals surface area (Å²) in [6.45, 7) is 1.11. The largest absolute Gasteiger partial charge is 0.490 e. The minimum absolute atomic E-state index is 0.0997. The van der Waals surface area contributed by atoms with Crippen LogP contribution in [0.15, 0.2) is 18.2 Å². The molecule has 0 bridgehead atoms. The Hall–Kier alpha value is -1.18. The molecule has 2 fully saturated rings. The second-order valence-corrected chi connectivity index (χ2v) is 9.42. The molecule has 0 spiro atoms. The molecule has 0 radical (unpaired) electrons. The van der Waals surface area contributed by atoms with Gasteiger partial charge in [-0.2, -0.15) is 0 Å². The van der Waals surface area contributed by atoms with E-state index < -0.39 is 15.8 Å². The Kier molecular flexibility index (Phi) is 6.53. The minimum atomic E-state index is -3.38. The summed E-state index contributed by atoms with van der Waals surface area (Å²) in [5, 5.41) is 0. The lowest BCUT2D eigenvalue weighted by molar-refractivity contribution is 0.284. The Balaban J connectivity index is 1.66. The quantitative estimate of drug-likeness (QED) is 0.543. The molecule has 3 N–H and O–H groups in total. The van der Waals surface area contributed by atoms with Crippen molar-refractivity contribution in [3.8, 4) is 5.75 Å². The number of benzene rings is 1. The van der Waals surface area contributed by atoms with Crippen LogP contribution in [0.25, 0.3) is 0 Å². The molecule has 0 aromatic heterocycles. The van der Waals surface area contributed by atoms with Gasteiger partial charge in [-0.25, -0.2) is 17.5 Å². The molecule has 1 unspecified atom stereocenters. The third-order valence-corrected chi connectivity index (χ3v) is 6.44. The van der Waals surface area contributed by atoms with Crippen LogP contribution < -0.4 is 15.2 Å². The van der Waals surface area contributed by atoms with E-state index >= 15 is 0 Å². The van der Waals surface area contributed by atoms with E-state index in [0.717, 1.165) is 44.1 Å². The molecular weight excluding hydrogens is 355 g/mol. The molecule has 0 amide bonds. The van der Waals surface area contributed by atoms with Crippen molar-refractivity contribution in [3.05, 3.63) is 29.6 Å².